The van der Waals surface area contributed by atoms with Gasteiger partial charge < -0.3 is 10.2 Å². The van der Waals surface area contributed by atoms with Crippen LogP contribution in [0.4, 0.5) is 5.82 Å². The Kier molecular flexibility index (Phi) is 3.50. The number of nitrogens with zero attached hydrogens (tertiary/aromatic N) is 2. The molecule has 1 aromatic rings. The molecular formula is C12H18BrN3. The Bertz CT molecular complexity index is 371. The number of nitrogens with one attached hydrogen (secondary N) is 1. The standard InChI is InChI=1S/C12H18BrN3/c1-8-6-16(7-9(2)14-8)12-5-4-11(13)10(3)15-12/h4-5,8-9,14H,6-7H2,1-3H3. The van der Waals surface area contributed by atoms with E-state index in [0.29, 0.717) is 12.1 Å². The molecular weight excluding hydrogens is 266 g/mol. The second-order valence-corrected chi connectivity index (χ2v) is 5.46. The predicted molar refractivity (Wildman–Crippen MR) is 70.9 cm³/mol. The fourth-order valence-electron chi connectivity index (χ4n) is 2.22. The first kappa shape index (κ1) is 11.9. The zero-order valence-electron chi connectivity index (χ0n) is 10.00. The maximum absolute atomic E-state index is 4.62. The van der Waals surface area contributed by atoms with Gasteiger partial charge in [-0.25, -0.2) is 4.98 Å². The summed E-state index contributed by atoms with van der Waals surface area (Å²) in [6.07, 6.45) is 0. The van der Waals surface area contributed by atoms with Gasteiger partial charge in [0.05, 0.1) is 5.69 Å². The Morgan fingerprint density at radius 1 is 1.31 bits per heavy atom. The molecule has 4 heteroatoms. The third-order valence-electron chi connectivity index (χ3n) is 2.89. The van der Waals surface area contributed by atoms with Crippen molar-refractivity contribution in [1.82, 2.24) is 10.3 Å². The first-order chi connectivity index (χ1) is 7.56. The smallest absolute Gasteiger partial charge is 0.128 e. The van der Waals surface area contributed by atoms with E-state index in [2.05, 4.69) is 57.1 Å². The number of rotatable bonds is 1. The molecule has 0 spiro atoms. The van der Waals surface area contributed by atoms with Crippen molar-refractivity contribution in [2.45, 2.75) is 32.9 Å². The minimum Gasteiger partial charge on any atom is -0.354 e. The lowest BCUT2D eigenvalue weighted by molar-refractivity contribution is 0.405. The van der Waals surface area contributed by atoms with E-state index in [0.717, 1.165) is 29.1 Å². The number of hydrogen-bond donors (Lipinski definition) is 1. The topological polar surface area (TPSA) is 28.2 Å². The summed E-state index contributed by atoms with van der Waals surface area (Å²) < 4.78 is 1.08. The fourth-order valence-corrected chi connectivity index (χ4v) is 2.44. The van der Waals surface area contributed by atoms with Crippen molar-refractivity contribution in [3.63, 3.8) is 0 Å². The maximum Gasteiger partial charge on any atom is 0.128 e. The summed E-state index contributed by atoms with van der Waals surface area (Å²) in [5.41, 5.74) is 1.05. The van der Waals surface area contributed by atoms with Crippen molar-refractivity contribution in [1.29, 1.82) is 0 Å². The van der Waals surface area contributed by atoms with Gasteiger partial charge >= 0.3 is 0 Å². The van der Waals surface area contributed by atoms with Crippen LogP contribution >= 0.6 is 15.9 Å². The Morgan fingerprint density at radius 2 is 1.94 bits per heavy atom. The van der Waals surface area contributed by atoms with Crippen molar-refractivity contribution in [2.75, 3.05) is 18.0 Å². The molecule has 1 fully saturated rings. The quantitative estimate of drug-likeness (QED) is 0.858. The maximum atomic E-state index is 4.62. The number of aryl methyl sites for hydroxylation is 1. The molecule has 1 saturated heterocycles. The van der Waals surface area contributed by atoms with Crippen LogP contribution in [0, 0.1) is 6.92 Å². The van der Waals surface area contributed by atoms with Gasteiger partial charge in [0.1, 0.15) is 5.82 Å². The Morgan fingerprint density at radius 3 is 2.50 bits per heavy atom. The van der Waals surface area contributed by atoms with Crippen molar-refractivity contribution in [2.24, 2.45) is 0 Å². The third-order valence-corrected chi connectivity index (χ3v) is 3.73. The van der Waals surface area contributed by atoms with Gasteiger partial charge in [-0.15, -0.1) is 0 Å². The molecule has 16 heavy (non-hydrogen) atoms. The molecule has 1 aromatic heterocycles. The van der Waals surface area contributed by atoms with Crippen LogP contribution in [0.3, 0.4) is 0 Å². The summed E-state index contributed by atoms with van der Waals surface area (Å²) in [5.74, 6) is 1.08. The van der Waals surface area contributed by atoms with Crippen LogP contribution in [0.1, 0.15) is 19.5 Å². The van der Waals surface area contributed by atoms with Crippen LogP contribution < -0.4 is 10.2 Å². The van der Waals surface area contributed by atoms with E-state index < -0.39 is 0 Å². The molecule has 2 unspecified atom stereocenters. The van der Waals surface area contributed by atoms with Crippen LogP contribution in [0.5, 0.6) is 0 Å². The highest BCUT2D eigenvalue weighted by Gasteiger charge is 2.21. The van der Waals surface area contributed by atoms with Gasteiger partial charge in [0.25, 0.3) is 0 Å². The molecule has 0 saturated carbocycles. The Hall–Kier alpha value is -0.610. The molecule has 2 rings (SSSR count). The number of aromatic nitrogens is 1. The molecule has 0 bridgehead atoms. The first-order valence-electron chi connectivity index (χ1n) is 5.70. The number of hydrogen-bond acceptors (Lipinski definition) is 3. The monoisotopic (exact) mass is 283 g/mol. The van der Waals surface area contributed by atoms with Crippen LogP contribution in [0.15, 0.2) is 16.6 Å². The van der Waals surface area contributed by atoms with Crippen molar-refractivity contribution >= 4 is 21.7 Å². The fraction of sp³-hybridized carbons (Fsp3) is 0.583. The summed E-state index contributed by atoms with van der Waals surface area (Å²) in [6, 6.07) is 5.21. The molecule has 0 aromatic carbocycles. The van der Waals surface area contributed by atoms with Crippen molar-refractivity contribution in [3.05, 3.63) is 22.3 Å². The normalized spacial score (nSPS) is 25.9. The largest absolute Gasteiger partial charge is 0.354 e. The van der Waals surface area contributed by atoms with Crippen LogP contribution in [0.2, 0.25) is 0 Å². The molecule has 0 aliphatic carbocycles. The van der Waals surface area contributed by atoms with E-state index in [1.807, 2.05) is 6.92 Å². The predicted octanol–water partition coefficient (Wildman–Crippen LogP) is 2.34. The van der Waals surface area contributed by atoms with E-state index in [1.165, 1.54) is 0 Å². The van der Waals surface area contributed by atoms with E-state index in [-0.39, 0.29) is 0 Å². The van der Waals surface area contributed by atoms with Gasteiger partial charge in [-0.3, -0.25) is 0 Å². The van der Waals surface area contributed by atoms with Gasteiger partial charge in [-0.05, 0) is 48.8 Å². The van der Waals surface area contributed by atoms with E-state index in [1.54, 1.807) is 0 Å². The zero-order chi connectivity index (χ0) is 11.7. The lowest BCUT2D eigenvalue weighted by Crippen LogP contribution is -2.54. The summed E-state index contributed by atoms with van der Waals surface area (Å²) in [5, 5.41) is 3.53. The molecule has 2 atom stereocenters. The molecule has 1 aliphatic heterocycles. The highest BCUT2D eigenvalue weighted by Crippen LogP contribution is 2.20. The molecule has 0 radical (unpaired) electrons. The summed E-state index contributed by atoms with van der Waals surface area (Å²) in [6.45, 7) is 8.52. The Labute approximate surface area is 105 Å². The molecule has 1 aliphatic rings. The zero-order valence-corrected chi connectivity index (χ0v) is 11.6. The second kappa shape index (κ2) is 4.72. The molecule has 88 valence electrons. The summed E-state index contributed by atoms with van der Waals surface area (Å²) in [4.78, 5) is 6.97. The van der Waals surface area contributed by atoms with Gasteiger partial charge in [0.15, 0.2) is 0 Å². The summed E-state index contributed by atoms with van der Waals surface area (Å²) >= 11 is 3.48. The van der Waals surface area contributed by atoms with Crippen LogP contribution in [0.25, 0.3) is 0 Å². The molecule has 0 amide bonds. The lowest BCUT2D eigenvalue weighted by atomic mass is 10.1. The first-order valence-corrected chi connectivity index (χ1v) is 6.49. The number of piperazine rings is 1. The molecule has 3 nitrogen and oxygen atoms in total. The average Bonchev–Trinajstić information content (AvgIpc) is 2.20. The molecule has 1 N–H and O–H groups in total. The second-order valence-electron chi connectivity index (χ2n) is 4.61. The number of pyridine rings is 1. The van der Waals surface area contributed by atoms with E-state index in [4.69, 9.17) is 0 Å². The highest BCUT2D eigenvalue weighted by molar-refractivity contribution is 9.10. The SMILES string of the molecule is Cc1nc(N2CC(C)NC(C)C2)ccc1Br. The molecule has 2 heterocycles. The minimum atomic E-state index is 0.523. The van der Waals surface area contributed by atoms with Gasteiger partial charge in [-0.2, -0.15) is 0 Å². The van der Waals surface area contributed by atoms with Gasteiger partial charge in [0.2, 0.25) is 0 Å². The van der Waals surface area contributed by atoms with Crippen molar-refractivity contribution < 1.29 is 0 Å². The average molecular weight is 284 g/mol. The van der Waals surface area contributed by atoms with E-state index in [9.17, 15) is 0 Å². The van der Waals surface area contributed by atoms with Crippen molar-refractivity contribution in [3.8, 4) is 0 Å². The van der Waals surface area contributed by atoms with E-state index >= 15 is 0 Å². The van der Waals surface area contributed by atoms with Gasteiger partial charge in [0, 0.05) is 29.6 Å². The summed E-state index contributed by atoms with van der Waals surface area (Å²) in [7, 11) is 0. The lowest BCUT2D eigenvalue weighted by Gasteiger charge is -2.37. The number of halogens is 1. The highest BCUT2D eigenvalue weighted by atomic mass is 79.9. The number of anilines is 1. The van der Waals surface area contributed by atoms with Crippen LogP contribution in [-0.2, 0) is 0 Å². The van der Waals surface area contributed by atoms with Gasteiger partial charge in [-0.1, -0.05) is 0 Å². The third kappa shape index (κ3) is 2.55. The Balaban J connectivity index is 2.19. The van der Waals surface area contributed by atoms with Crippen LogP contribution in [-0.4, -0.2) is 30.2 Å². The minimum absolute atomic E-state index is 0.523.